The molecule has 0 spiro atoms. The first-order chi connectivity index (χ1) is 7.31. The summed E-state index contributed by atoms with van der Waals surface area (Å²) in [4.78, 5) is 0. The van der Waals surface area contributed by atoms with Gasteiger partial charge in [-0.2, -0.15) is 0 Å². The molecule has 0 heterocycles. The van der Waals surface area contributed by atoms with Crippen LogP contribution in [0.4, 0.5) is 0 Å². The van der Waals surface area contributed by atoms with Gasteiger partial charge in [0.2, 0.25) is 0 Å². The minimum absolute atomic E-state index is 0.564. The van der Waals surface area contributed by atoms with Gasteiger partial charge in [-0.25, -0.2) is 0 Å². The van der Waals surface area contributed by atoms with Crippen molar-refractivity contribution in [3.8, 4) is 23.8 Å². The highest BCUT2D eigenvalue weighted by Crippen LogP contribution is 2.27. The van der Waals surface area contributed by atoms with Gasteiger partial charge in [-0.3, -0.25) is 0 Å². The molecular formula is C12H15NO2. The second-order valence-electron chi connectivity index (χ2n) is 3.00. The van der Waals surface area contributed by atoms with E-state index in [0.717, 1.165) is 23.6 Å². The molecule has 0 saturated carbocycles. The molecule has 0 unspecified atom stereocenters. The van der Waals surface area contributed by atoms with E-state index in [1.54, 1.807) is 14.2 Å². The molecule has 1 aromatic rings. The second kappa shape index (κ2) is 5.94. The minimum atomic E-state index is 0.564. The topological polar surface area (TPSA) is 30.5 Å². The summed E-state index contributed by atoms with van der Waals surface area (Å²) in [6, 6.07) is 5.79. The van der Waals surface area contributed by atoms with Crippen LogP contribution in [0.2, 0.25) is 0 Å². The zero-order valence-corrected chi connectivity index (χ0v) is 9.04. The SMILES string of the molecule is C#CCNCc1ccc(OC)c(OC)c1. The van der Waals surface area contributed by atoms with E-state index in [0.29, 0.717) is 6.54 Å². The quantitative estimate of drug-likeness (QED) is 0.582. The van der Waals surface area contributed by atoms with Crippen LogP contribution in [-0.4, -0.2) is 20.8 Å². The summed E-state index contributed by atoms with van der Waals surface area (Å²) in [6.07, 6.45) is 5.14. The van der Waals surface area contributed by atoms with Crippen LogP contribution in [0.3, 0.4) is 0 Å². The molecule has 0 fully saturated rings. The maximum absolute atomic E-state index is 5.19. The van der Waals surface area contributed by atoms with Crippen molar-refractivity contribution < 1.29 is 9.47 Å². The predicted molar refractivity (Wildman–Crippen MR) is 60.1 cm³/mol. The van der Waals surface area contributed by atoms with Crippen LogP contribution in [-0.2, 0) is 6.54 Å². The fourth-order valence-corrected chi connectivity index (χ4v) is 1.27. The second-order valence-corrected chi connectivity index (χ2v) is 3.00. The van der Waals surface area contributed by atoms with Crippen LogP contribution in [0.5, 0.6) is 11.5 Å². The molecular weight excluding hydrogens is 190 g/mol. The normalized spacial score (nSPS) is 9.40. The molecule has 0 atom stereocenters. The van der Waals surface area contributed by atoms with E-state index in [9.17, 15) is 0 Å². The molecule has 15 heavy (non-hydrogen) atoms. The van der Waals surface area contributed by atoms with Crippen molar-refractivity contribution >= 4 is 0 Å². The molecule has 80 valence electrons. The third-order valence-electron chi connectivity index (χ3n) is 2.00. The largest absolute Gasteiger partial charge is 0.493 e. The molecule has 3 heteroatoms. The molecule has 0 saturated heterocycles. The summed E-state index contributed by atoms with van der Waals surface area (Å²) in [5.41, 5.74) is 1.11. The monoisotopic (exact) mass is 205 g/mol. The molecule has 0 bridgehead atoms. The number of terminal acetylenes is 1. The zero-order chi connectivity index (χ0) is 11.1. The van der Waals surface area contributed by atoms with Crippen molar-refractivity contribution in [3.05, 3.63) is 23.8 Å². The highest BCUT2D eigenvalue weighted by atomic mass is 16.5. The molecule has 1 aromatic carbocycles. The van der Waals surface area contributed by atoms with Gasteiger partial charge < -0.3 is 14.8 Å². The Morgan fingerprint density at radius 3 is 2.60 bits per heavy atom. The Bertz CT molecular complexity index is 355. The fourth-order valence-electron chi connectivity index (χ4n) is 1.27. The third-order valence-corrected chi connectivity index (χ3v) is 2.00. The van der Waals surface area contributed by atoms with E-state index in [1.165, 1.54) is 0 Å². The maximum atomic E-state index is 5.19. The lowest BCUT2D eigenvalue weighted by Crippen LogP contribution is -2.12. The molecule has 0 aliphatic carbocycles. The number of hydrogen-bond donors (Lipinski definition) is 1. The summed E-state index contributed by atoms with van der Waals surface area (Å²) in [5.74, 6) is 3.99. The Balaban J connectivity index is 2.71. The summed E-state index contributed by atoms with van der Waals surface area (Å²) in [5, 5.41) is 3.11. The summed E-state index contributed by atoms with van der Waals surface area (Å²) in [7, 11) is 3.24. The van der Waals surface area contributed by atoms with Crippen LogP contribution in [0, 0.1) is 12.3 Å². The van der Waals surface area contributed by atoms with Gasteiger partial charge in [0.1, 0.15) is 0 Å². The average Bonchev–Trinajstić information content (AvgIpc) is 2.29. The van der Waals surface area contributed by atoms with E-state index in [-0.39, 0.29) is 0 Å². The van der Waals surface area contributed by atoms with E-state index in [4.69, 9.17) is 15.9 Å². The van der Waals surface area contributed by atoms with Crippen molar-refractivity contribution in [3.63, 3.8) is 0 Å². The number of hydrogen-bond acceptors (Lipinski definition) is 3. The fraction of sp³-hybridized carbons (Fsp3) is 0.333. The minimum Gasteiger partial charge on any atom is -0.493 e. The highest BCUT2D eigenvalue weighted by Gasteiger charge is 2.03. The Morgan fingerprint density at radius 1 is 1.27 bits per heavy atom. The molecule has 0 radical (unpaired) electrons. The van der Waals surface area contributed by atoms with E-state index < -0.39 is 0 Å². The van der Waals surface area contributed by atoms with Crippen LogP contribution < -0.4 is 14.8 Å². The number of nitrogens with one attached hydrogen (secondary N) is 1. The molecule has 0 aliphatic heterocycles. The van der Waals surface area contributed by atoms with Gasteiger partial charge in [-0.15, -0.1) is 6.42 Å². The number of rotatable bonds is 5. The molecule has 1 rings (SSSR count). The smallest absolute Gasteiger partial charge is 0.161 e. The molecule has 0 aliphatic rings. The highest BCUT2D eigenvalue weighted by molar-refractivity contribution is 5.42. The Hall–Kier alpha value is -1.66. The zero-order valence-electron chi connectivity index (χ0n) is 9.04. The third kappa shape index (κ3) is 3.19. The summed E-state index contributed by atoms with van der Waals surface area (Å²) in [6.45, 7) is 1.29. The van der Waals surface area contributed by atoms with Gasteiger partial charge in [-0.1, -0.05) is 12.0 Å². The Morgan fingerprint density at radius 2 is 2.00 bits per heavy atom. The first kappa shape index (κ1) is 11.4. The molecule has 0 amide bonds. The van der Waals surface area contributed by atoms with Gasteiger partial charge >= 0.3 is 0 Å². The summed E-state index contributed by atoms with van der Waals surface area (Å²) >= 11 is 0. The van der Waals surface area contributed by atoms with Gasteiger partial charge in [0.05, 0.1) is 20.8 Å². The van der Waals surface area contributed by atoms with E-state index >= 15 is 0 Å². The molecule has 1 N–H and O–H groups in total. The van der Waals surface area contributed by atoms with Crippen molar-refractivity contribution in [2.45, 2.75) is 6.54 Å². The number of methoxy groups -OCH3 is 2. The van der Waals surface area contributed by atoms with Crippen molar-refractivity contribution in [2.75, 3.05) is 20.8 Å². The Labute approximate surface area is 90.4 Å². The lowest BCUT2D eigenvalue weighted by molar-refractivity contribution is 0.354. The van der Waals surface area contributed by atoms with E-state index in [2.05, 4.69) is 11.2 Å². The van der Waals surface area contributed by atoms with Crippen molar-refractivity contribution in [1.82, 2.24) is 5.32 Å². The standard InChI is InChI=1S/C12H15NO2/c1-4-7-13-9-10-5-6-11(14-2)12(8-10)15-3/h1,5-6,8,13H,7,9H2,2-3H3. The average molecular weight is 205 g/mol. The molecule has 0 aromatic heterocycles. The first-order valence-corrected chi connectivity index (χ1v) is 4.67. The van der Waals surface area contributed by atoms with E-state index in [1.807, 2.05) is 18.2 Å². The van der Waals surface area contributed by atoms with Crippen molar-refractivity contribution in [1.29, 1.82) is 0 Å². The van der Waals surface area contributed by atoms with Crippen LogP contribution in [0.15, 0.2) is 18.2 Å². The van der Waals surface area contributed by atoms with Crippen LogP contribution in [0.25, 0.3) is 0 Å². The van der Waals surface area contributed by atoms with Gasteiger partial charge in [-0.05, 0) is 17.7 Å². The lowest BCUT2D eigenvalue weighted by Gasteiger charge is -2.09. The van der Waals surface area contributed by atoms with Crippen molar-refractivity contribution in [2.24, 2.45) is 0 Å². The van der Waals surface area contributed by atoms with Crippen LogP contribution >= 0.6 is 0 Å². The first-order valence-electron chi connectivity index (χ1n) is 4.67. The summed E-state index contributed by atoms with van der Waals surface area (Å²) < 4.78 is 10.3. The number of benzene rings is 1. The number of ether oxygens (including phenoxy) is 2. The predicted octanol–water partition coefficient (Wildman–Crippen LogP) is 1.43. The van der Waals surface area contributed by atoms with Gasteiger partial charge in [0, 0.05) is 6.54 Å². The molecule has 3 nitrogen and oxygen atoms in total. The van der Waals surface area contributed by atoms with Gasteiger partial charge in [0.25, 0.3) is 0 Å². The maximum Gasteiger partial charge on any atom is 0.161 e. The van der Waals surface area contributed by atoms with Crippen LogP contribution in [0.1, 0.15) is 5.56 Å². The Kier molecular flexibility index (Phi) is 4.52. The lowest BCUT2D eigenvalue weighted by atomic mass is 10.2. The van der Waals surface area contributed by atoms with Gasteiger partial charge in [0.15, 0.2) is 11.5 Å².